The second-order valence-corrected chi connectivity index (χ2v) is 11.3. The fraction of sp³-hybridized carbons (Fsp3) is 0.875. The quantitative estimate of drug-likeness (QED) is 0.550. The van der Waals surface area contributed by atoms with E-state index < -0.39 is 0 Å². The standard InChI is InChI=1S/C24H38N2O2/c1-22(2)19-7-5-16-17-6-8-21(27)24(17,4)11-9-18(16)23(19,3)12-10-20(22)26-28-15-13-25-14-15/h7,15-18,21,25,27H,5-6,8-14H2,1-4H3/b26-20+/t16-,17-,18-,21-,23+,24-/m0/s1. The molecule has 1 heterocycles. The molecule has 0 bridgehead atoms. The molecule has 3 saturated carbocycles. The van der Waals surface area contributed by atoms with Crippen LogP contribution < -0.4 is 5.32 Å². The third-order valence-electron chi connectivity index (χ3n) is 9.75. The van der Waals surface area contributed by atoms with Gasteiger partial charge in [0.2, 0.25) is 0 Å². The van der Waals surface area contributed by atoms with E-state index in [4.69, 9.17) is 4.84 Å². The maximum Gasteiger partial charge on any atom is 0.152 e. The zero-order valence-electron chi connectivity index (χ0n) is 18.1. The molecule has 2 N–H and O–H groups in total. The summed E-state index contributed by atoms with van der Waals surface area (Å²) >= 11 is 0. The molecule has 0 amide bonds. The van der Waals surface area contributed by atoms with Gasteiger partial charge in [0.05, 0.1) is 11.8 Å². The van der Waals surface area contributed by atoms with E-state index in [-0.39, 0.29) is 28.5 Å². The second kappa shape index (κ2) is 6.31. The summed E-state index contributed by atoms with van der Waals surface area (Å²) in [5, 5.41) is 18.6. The van der Waals surface area contributed by atoms with Crippen LogP contribution in [0.4, 0.5) is 0 Å². The number of nitrogens with one attached hydrogen (secondary N) is 1. The van der Waals surface area contributed by atoms with E-state index in [1.807, 2.05) is 0 Å². The van der Waals surface area contributed by atoms with Crippen LogP contribution >= 0.6 is 0 Å². The van der Waals surface area contributed by atoms with Gasteiger partial charge in [0.25, 0.3) is 0 Å². The lowest BCUT2D eigenvalue weighted by Crippen LogP contribution is -2.54. The Balaban J connectivity index is 1.44. The first-order chi connectivity index (χ1) is 13.3. The van der Waals surface area contributed by atoms with Crippen molar-refractivity contribution < 1.29 is 9.94 Å². The van der Waals surface area contributed by atoms with E-state index in [9.17, 15) is 5.11 Å². The molecule has 4 heteroatoms. The summed E-state index contributed by atoms with van der Waals surface area (Å²) in [6, 6.07) is 0. The summed E-state index contributed by atoms with van der Waals surface area (Å²) in [6.07, 6.45) is 10.9. The molecular formula is C24H38N2O2. The van der Waals surface area contributed by atoms with E-state index in [0.29, 0.717) is 5.92 Å². The average Bonchev–Trinajstić information content (AvgIpc) is 2.90. The van der Waals surface area contributed by atoms with Crippen LogP contribution in [-0.4, -0.2) is 36.1 Å². The third kappa shape index (κ3) is 2.52. The fourth-order valence-electron chi connectivity index (χ4n) is 7.84. The Hall–Kier alpha value is -0.870. The molecular weight excluding hydrogens is 348 g/mol. The molecule has 0 aromatic rings. The minimum atomic E-state index is -0.0868. The highest BCUT2D eigenvalue weighted by Gasteiger charge is 2.60. The van der Waals surface area contributed by atoms with Crippen LogP contribution in [0.2, 0.25) is 0 Å². The van der Waals surface area contributed by atoms with Crippen molar-refractivity contribution in [2.75, 3.05) is 13.1 Å². The molecule has 0 aromatic heterocycles. The fourth-order valence-corrected chi connectivity index (χ4v) is 7.84. The lowest BCUT2D eigenvalue weighted by atomic mass is 9.45. The van der Waals surface area contributed by atoms with E-state index in [2.05, 4.69) is 44.2 Å². The van der Waals surface area contributed by atoms with Crippen molar-refractivity contribution >= 4 is 5.71 Å². The monoisotopic (exact) mass is 386 g/mol. The van der Waals surface area contributed by atoms with Crippen molar-refractivity contribution in [1.82, 2.24) is 5.32 Å². The van der Waals surface area contributed by atoms with Crippen LogP contribution in [0.1, 0.15) is 72.6 Å². The SMILES string of the molecule is CC1(C)C2=CC[C@H]3[C@@H]4CC[C@H](O)[C@@]4(C)CC[C@@H]3[C@@]2(C)CC/C1=N\OC1CNC1. The summed E-state index contributed by atoms with van der Waals surface area (Å²) in [5.41, 5.74) is 3.27. The number of allylic oxidation sites excluding steroid dienone is 2. The summed E-state index contributed by atoms with van der Waals surface area (Å²) in [7, 11) is 0. The Morgan fingerprint density at radius 3 is 2.57 bits per heavy atom. The molecule has 0 radical (unpaired) electrons. The van der Waals surface area contributed by atoms with Crippen molar-refractivity contribution in [2.45, 2.75) is 84.8 Å². The Morgan fingerprint density at radius 2 is 1.86 bits per heavy atom. The van der Waals surface area contributed by atoms with Gasteiger partial charge >= 0.3 is 0 Å². The first-order valence-electron chi connectivity index (χ1n) is 11.6. The van der Waals surface area contributed by atoms with Gasteiger partial charge in [0.1, 0.15) is 0 Å². The minimum absolute atomic E-state index is 0.00884. The Kier molecular flexibility index (Phi) is 4.31. The van der Waals surface area contributed by atoms with Crippen molar-refractivity contribution in [3.8, 4) is 0 Å². The molecule has 6 atom stereocenters. The van der Waals surface area contributed by atoms with Crippen LogP contribution in [0.3, 0.4) is 0 Å². The van der Waals surface area contributed by atoms with Crippen LogP contribution in [0.5, 0.6) is 0 Å². The van der Waals surface area contributed by atoms with E-state index >= 15 is 0 Å². The average molecular weight is 387 g/mol. The van der Waals surface area contributed by atoms with Crippen LogP contribution in [-0.2, 0) is 4.84 Å². The van der Waals surface area contributed by atoms with E-state index in [0.717, 1.165) is 37.8 Å². The number of hydrogen-bond acceptors (Lipinski definition) is 4. The summed E-state index contributed by atoms with van der Waals surface area (Å²) in [6.45, 7) is 11.5. The Bertz CT molecular complexity index is 709. The van der Waals surface area contributed by atoms with Gasteiger partial charge in [-0.2, -0.15) is 0 Å². The molecule has 1 saturated heterocycles. The predicted octanol–water partition coefficient (Wildman–Crippen LogP) is 4.29. The van der Waals surface area contributed by atoms with Crippen molar-refractivity contribution in [3.63, 3.8) is 0 Å². The van der Waals surface area contributed by atoms with Gasteiger partial charge in [-0.3, -0.25) is 0 Å². The summed E-state index contributed by atoms with van der Waals surface area (Å²) in [5.74, 6) is 2.20. The minimum Gasteiger partial charge on any atom is -0.393 e. The summed E-state index contributed by atoms with van der Waals surface area (Å²) < 4.78 is 0. The highest BCUT2D eigenvalue weighted by Crippen LogP contribution is 2.66. The highest BCUT2D eigenvalue weighted by atomic mass is 16.6. The van der Waals surface area contributed by atoms with Gasteiger partial charge in [-0.05, 0) is 73.5 Å². The van der Waals surface area contributed by atoms with Gasteiger partial charge in [-0.15, -0.1) is 0 Å². The molecule has 28 heavy (non-hydrogen) atoms. The second-order valence-electron chi connectivity index (χ2n) is 11.3. The lowest BCUT2D eigenvalue weighted by molar-refractivity contribution is -0.0672. The van der Waals surface area contributed by atoms with E-state index in [1.165, 1.54) is 37.8 Å². The molecule has 1 aliphatic heterocycles. The first-order valence-corrected chi connectivity index (χ1v) is 11.6. The zero-order chi connectivity index (χ0) is 19.7. The van der Waals surface area contributed by atoms with E-state index in [1.54, 1.807) is 5.57 Å². The molecule has 4 aliphatic carbocycles. The first kappa shape index (κ1) is 19.1. The molecule has 0 unspecified atom stereocenters. The lowest BCUT2D eigenvalue weighted by Gasteiger charge is -2.60. The number of oxime groups is 1. The molecule has 4 nitrogen and oxygen atoms in total. The van der Waals surface area contributed by atoms with Crippen LogP contribution in [0.15, 0.2) is 16.8 Å². The van der Waals surface area contributed by atoms with Crippen molar-refractivity contribution in [2.24, 2.45) is 39.2 Å². The normalized spacial score (nSPS) is 48.9. The predicted molar refractivity (Wildman–Crippen MR) is 112 cm³/mol. The van der Waals surface area contributed by atoms with Crippen molar-refractivity contribution in [1.29, 1.82) is 0 Å². The largest absolute Gasteiger partial charge is 0.393 e. The van der Waals surface area contributed by atoms with Gasteiger partial charge in [-0.25, -0.2) is 0 Å². The molecule has 0 spiro atoms. The van der Waals surface area contributed by atoms with Crippen LogP contribution in [0.25, 0.3) is 0 Å². The molecule has 5 rings (SSSR count). The van der Waals surface area contributed by atoms with Gasteiger partial charge in [0.15, 0.2) is 6.10 Å². The Morgan fingerprint density at radius 1 is 1.07 bits per heavy atom. The smallest absolute Gasteiger partial charge is 0.152 e. The maximum atomic E-state index is 10.7. The van der Waals surface area contributed by atoms with Crippen molar-refractivity contribution in [3.05, 3.63) is 11.6 Å². The molecule has 156 valence electrons. The number of aliphatic hydroxyl groups is 1. The number of nitrogens with zero attached hydrogens (tertiary/aromatic N) is 1. The van der Waals surface area contributed by atoms with Gasteiger partial charge in [0, 0.05) is 18.5 Å². The molecule has 0 aromatic carbocycles. The zero-order valence-corrected chi connectivity index (χ0v) is 18.1. The topological polar surface area (TPSA) is 53.9 Å². The van der Waals surface area contributed by atoms with Gasteiger partial charge < -0.3 is 15.3 Å². The third-order valence-corrected chi connectivity index (χ3v) is 9.75. The highest BCUT2D eigenvalue weighted by molar-refractivity contribution is 5.93. The van der Waals surface area contributed by atoms with Crippen LogP contribution in [0, 0.1) is 34.0 Å². The maximum absolute atomic E-state index is 10.7. The number of rotatable bonds is 2. The molecule has 5 aliphatic rings. The van der Waals surface area contributed by atoms with Gasteiger partial charge in [-0.1, -0.05) is 44.5 Å². The summed E-state index contributed by atoms with van der Waals surface area (Å²) in [4.78, 5) is 5.82. The number of hydrogen-bond donors (Lipinski definition) is 2. The number of aliphatic hydroxyl groups excluding tert-OH is 1. The number of fused-ring (bicyclic) bond motifs is 5. The Labute approximate surface area is 170 Å². The molecule has 4 fully saturated rings.